The first-order chi connectivity index (χ1) is 25.7. The summed E-state index contributed by atoms with van der Waals surface area (Å²) in [6.07, 6.45) is 19.4. The van der Waals surface area contributed by atoms with Gasteiger partial charge in [-0.3, -0.25) is 0 Å². The first kappa shape index (κ1) is 33.8. The highest BCUT2D eigenvalue weighted by Crippen LogP contribution is 2.39. The summed E-state index contributed by atoms with van der Waals surface area (Å²) in [5, 5.41) is 2.38. The molecule has 7 rings (SSSR count). The number of aryl methyl sites for hydroxylation is 1. The van der Waals surface area contributed by atoms with Crippen LogP contribution >= 0.6 is 0 Å². The van der Waals surface area contributed by atoms with Crippen molar-refractivity contribution in [2.24, 2.45) is 0 Å². The van der Waals surface area contributed by atoms with Crippen molar-refractivity contribution in [3.63, 3.8) is 0 Å². The van der Waals surface area contributed by atoms with E-state index in [2.05, 4.69) is 230 Å². The molecule has 0 aliphatic rings. The quantitative estimate of drug-likeness (QED) is 0.124. The minimum absolute atomic E-state index is 1.12. The summed E-state index contributed by atoms with van der Waals surface area (Å²) < 4.78 is 0. The molecule has 0 atom stereocenters. The van der Waals surface area contributed by atoms with Gasteiger partial charge in [-0.2, -0.15) is 0 Å². The summed E-state index contributed by atoms with van der Waals surface area (Å²) in [5.41, 5.74) is 11.6. The molecule has 52 heavy (non-hydrogen) atoms. The Bertz CT molecular complexity index is 2340. The summed E-state index contributed by atoms with van der Waals surface area (Å²) in [4.78, 5) is 2.37. The first-order valence-corrected chi connectivity index (χ1v) is 17.8. The van der Waals surface area contributed by atoms with Gasteiger partial charge in [0.2, 0.25) is 0 Å². The number of nitrogens with zero attached hydrogens (tertiary/aromatic N) is 1. The number of hydrogen-bond donors (Lipinski definition) is 0. The van der Waals surface area contributed by atoms with E-state index in [-0.39, 0.29) is 0 Å². The second kappa shape index (κ2) is 16.8. The summed E-state index contributed by atoms with van der Waals surface area (Å²) in [7, 11) is 0. The molecule has 0 heterocycles. The van der Waals surface area contributed by atoms with E-state index in [9.17, 15) is 0 Å². The Balaban J connectivity index is 1.32. The molecule has 7 aromatic rings. The van der Waals surface area contributed by atoms with E-state index in [0.29, 0.717) is 0 Å². The van der Waals surface area contributed by atoms with Gasteiger partial charge in [-0.1, -0.05) is 206 Å². The van der Waals surface area contributed by atoms with Gasteiger partial charge < -0.3 is 4.90 Å². The average Bonchev–Trinajstić information content (AvgIpc) is 3.20. The van der Waals surface area contributed by atoms with Crippen molar-refractivity contribution in [2.45, 2.75) is 6.92 Å². The molecular formula is C51H41N. The molecule has 7 aromatic carbocycles. The lowest BCUT2D eigenvalue weighted by Crippen LogP contribution is -2.12. The van der Waals surface area contributed by atoms with Gasteiger partial charge in [0, 0.05) is 22.8 Å². The predicted molar refractivity (Wildman–Crippen MR) is 226 cm³/mol. The average molecular weight is 668 g/mol. The Hall–Kier alpha value is -6.70. The molecule has 1 heteroatoms. The van der Waals surface area contributed by atoms with Gasteiger partial charge in [-0.15, -0.1) is 0 Å². The Labute approximate surface area is 308 Å². The minimum Gasteiger partial charge on any atom is -0.316 e. The fourth-order valence-electron chi connectivity index (χ4n) is 6.45. The first-order valence-electron chi connectivity index (χ1n) is 17.8. The van der Waals surface area contributed by atoms with E-state index in [1.165, 1.54) is 33.0 Å². The highest BCUT2D eigenvalue weighted by atomic mass is 15.1. The number of allylic oxidation sites excluding steroid dienone is 4. The van der Waals surface area contributed by atoms with Crippen LogP contribution in [0.3, 0.4) is 0 Å². The van der Waals surface area contributed by atoms with E-state index >= 15 is 0 Å². The fourth-order valence-corrected chi connectivity index (χ4v) is 6.45. The maximum atomic E-state index is 2.37. The Morgan fingerprint density at radius 3 is 1.42 bits per heavy atom. The summed E-state index contributed by atoms with van der Waals surface area (Å²) in [6, 6.07) is 62.1. The van der Waals surface area contributed by atoms with Gasteiger partial charge in [0.15, 0.2) is 0 Å². The molecule has 0 aliphatic heterocycles. The Kier molecular flexibility index (Phi) is 10.9. The second-order valence-corrected chi connectivity index (χ2v) is 12.7. The van der Waals surface area contributed by atoms with Crippen molar-refractivity contribution in [3.8, 4) is 0 Å². The smallest absolute Gasteiger partial charge is 0.0534 e. The van der Waals surface area contributed by atoms with Crippen LogP contribution in [0.1, 0.15) is 38.9 Å². The van der Waals surface area contributed by atoms with E-state index < -0.39 is 0 Å². The SMILES string of the molecule is Cc1cc(C=CC=Cc2ccccc2)ccc1N(C=C(c1ccccc1)c1ccccc1)c1ccc(C=CC=Cc2ccccc2)c2ccccc12. The molecule has 250 valence electrons. The fraction of sp³-hybridized carbons (Fsp3) is 0.0196. The molecule has 0 aliphatic carbocycles. The molecule has 0 radical (unpaired) electrons. The normalized spacial score (nSPS) is 11.6. The molecule has 0 spiro atoms. The second-order valence-electron chi connectivity index (χ2n) is 12.7. The van der Waals surface area contributed by atoms with Crippen molar-refractivity contribution in [3.05, 3.63) is 245 Å². The van der Waals surface area contributed by atoms with E-state index in [1.54, 1.807) is 0 Å². The number of hydrogen-bond acceptors (Lipinski definition) is 1. The van der Waals surface area contributed by atoms with Crippen molar-refractivity contribution < 1.29 is 0 Å². The molecule has 0 N–H and O–H groups in total. The summed E-state index contributed by atoms with van der Waals surface area (Å²) in [6.45, 7) is 2.20. The molecule has 0 unspecified atom stereocenters. The van der Waals surface area contributed by atoms with Crippen LogP contribution in [-0.4, -0.2) is 0 Å². The lowest BCUT2D eigenvalue weighted by molar-refractivity contribution is 1.25. The van der Waals surface area contributed by atoms with E-state index in [1.807, 2.05) is 12.1 Å². The number of fused-ring (bicyclic) bond motifs is 1. The monoisotopic (exact) mass is 667 g/mol. The van der Waals surface area contributed by atoms with Crippen LogP contribution in [0.2, 0.25) is 0 Å². The maximum Gasteiger partial charge on any atom is 0.0534 e. The maximum absolute atomic E-state index is 2.37. The van der Waals surface area contributed by atoms with E-state index in [4.69, 9.17) is 0 Å². The van der Waals surface area contributed by atoms with Crippen LogP contribution in [0.15, 0.2) is 206 Å². The van der Waals surface area contributed by atoms with Gasteiger partial charge in [0.05, 0.1) is 5.69 Å². The van der Waals surface area contributed by atoms with Crippen LogP contribution in [0, 0.1) is 6.92 Å². The van der Waals surface area contributed by atoms with Gasteiger partial charge in [-0.25, -0.2) is 0 Å². The minimum atomic E-state index is 1.12. The van der Waals surface area contributed by atoms with Gasteiger partial charge in [0.1, 0.15) is 0 Å². The van der Waals surface area contributed by atoms with Crippen LogP contribution in [0.5, 0.6) is 0 Å². The molecule has 0 amide bonds. The summed E-state index contributed by atoms with van der Waals surface area (Å²) >= 11 is 0. The largest absolute Gasteiger partial charge is 0.316 e. The van der Waals surface area contributed by atoms with Crippen molar-refractivity contribution >= 4 is 52.0 Å². The van der Waals surface area contributed by atoms with Crippen LogP contribution in [0.4, 0.5) is 11.4 Å². The highest BCUT2D eigenvalue weighted by Gasteiger charge is 2.17. The zero-order valence-corrected chi connectivity index (χ0v) is 29.4. The van der Waals surface area contributed by atoms with Crippen molar-refractivity contribution in [2.75, 3.05) is 4.90 Å². The predicted octanol–water partition coefficient (Wildman–Crippen LogP) is 13.8. The third-order valence-electron chi connectivity index (χ3n) is 9.07. The topological polar surface area (TPSA) is 3.24 Å². The molecule has 0 saturated heterocycles. The number of anilines is 2. The number of rotatable bonds is 11. The van der Waals surface area contributed by atoms with Gasteiger partial charge in [-0.05, 0) is 69.5 Å². The van der Waals surface area contributed by atoms with E-state index in [0.717, 1.165) is 33.6 Å². The van der Waals surface area contributed by atoms with Crippen molar-refractivity contribution in [1.82, 2.24) is 0 Å². The van der Waals surface area contributed by atoms with Crippen LogP contribution in [-0.2, 0) is 0 Å². The standard InChI is InChI=1S/C51H41N/c1-40-38-43(26-15-14-24-41-20-6-2-7-21-41)34-36-50(40)52(39-49(44-27-10-4-11-28-44)45-29-12-5-13-30-45)51-37-35-46(47-32-18-19-33-48(47)51)31-17-16-25-42-22-8-3-9-23-42/h2-39H,1H3. The molecule has 0 fully saturated rings. The molecule has 0 aromatic heterocycles. The zero-order chi connectivity index (χ0) is 35.4. The van der Waals surface area contributed by atoms with Crippen LogP contribution in [0.25, 0.3) is 40.6 Å². The highest BCUT2D eigenvalue weighted by molar-refractivity contribution is 6.02. The zero-order valence-electron chi connectivity index (χ0n) is 29.4. The van der Waals surface area contributed by atoms with Crippen molar-refractivity contribution in [1.29, 1.82) is 0 Å². The number of benzene rings is 7. The summed E-state index contributed by atoms with van der Waals surface area (Å²) in [5.74, 6) is 0. The Morgan fingerprint density at radius 2 is 0.865 bits per heavy atom. The third-order valence-corrected chi connectivity index (χ3v) is 9.07. The lowest BCUT2D eigenvalue weighted by atomic mass is 9.97. The molecule has 0 bridgehead atoms. The Morgan fingerprint density at radius 1 is 0.404 bits per heavy atom. The van der Waals surface area contributed by atoms with Gasteiger partial charge >= 0.3 is 0 Å². The van der Waals surface area contributed by atoms with Gasteiger partial charge in [0.25, 0.3) is 0 Å². The molecular weight excluding hydrogens is 627 g/mol. The molecule has 1 nitrogen and oxygen atoms in total. The molecule has 0 saturated carbocycles. The lowest BCUT2D eigenvalue weighted by Gasteiger charge is -2.27. The third kappa shape index (κ3) is 8.35. The van der Waals surface area contributed by atoms with Crippen LogP contribution < -0.4 is 4.90 Å².